The maximum absolute atomic E-state index is 11.7. The highest BCUT2D eigenvalue weighted by Gasteiger charge is 2.11. The van der Waals surface area contributed by atoms with Gasteiger partial charge in [0, 0.05) is 4.90 Å². The van der Waals surface area contributed by atoms with Gasteiger partial charge in [0.25, 0.3) is 0 Å². The molecule has 0 radical (unpaired) electrons. The van der Waals surface area contributed by atoms with Gasteiger partial charge in [0.15, 0.2) is 5.78 Å². The average molecular weight is 208 g/mol. The summed E-state index contributed by atoms with van der Waals surface area (Å²) in [7, 11) is -1.41. The number of aryl methyl sites for hydroxylation is 1. The summed E-state index contributed by atoms with van der Waals surface area (Å²) in [6.07, 6.45) is 0. The van der Waals surface area contributed by atoms with Crippen molar-refractivity contribution < 1.29 is 9.00 Å². The number of hydrogen-bond acceptors (Lipinski definition) is 2. The maximum atomic E-state index is 11.7. The van der Waals surface area contributed by atoms with Crippen molar-refractivity contribution in [2.45, 2.75) is 18.7 Å². The molecule has 0 N–H and O–H groups in total. The van der Waals surface area contributed by atoms with E-state index in [1.165, 1.54) is 6.92 Å². The summed E-state index contributed by atoms with van der Waals surface area (Å²) >= 11 is 0. The quantitative estimate of drug-likeness (QED) is 0.714. The number of carbonyl (C=O) groups is 1. The fourth-order valence-electron chi connectivity index (χ4n) is 0.935. The van der Waals surface area contributed by atoms with Gasteiger partial charge in [-0.15, -0.1) is 0 Å². The molecule has 0 bridgehead atoms. The lowest BCUT2D eigenvalue weighted by Crippen LogP contribution is -2.02. The van der Waals surface area contributed by atoms with Crippen molar-refractivity contribution in [1.29, 1.82) is 0 Å². The number of rotatable bonds is 3. The summed E-state index contributed by atoms with van der Waals surface area (Å²) in [5, 5.41) is 0. The zero-order valence-corrected chi connectivity index (χ0v) is 9.06. The van der Waals surface area contributed by atoms with E-state index in [9.17, 15) is 9.00 Å². The van der Waals surface area contributed by atoms with E-state index in [-0.39, 0.29) is 10.7 Å². The monoisotopic (exact) mass is 208 g/mol. The molecule has 74 valence electrons. The Morgan fingerprint density at radius 3 is 2.21 bits per heavy atom. The summed E-state index contributed by atoms with van der Waals surface area (Å²) < 4.78 is 11.7. The molecule has 3 heteroatoms. The van der Waals surface area contributed by atoms with E-state index in [0.717, 1.165) is 5.56 Å². The van der Waals surface area contributed by atoms with Crippen molar-refractivity contribution in [2.24, 2.45) is 0 Å². The molecule has 0 fully saturated rings. The Morgan fingerprint density at radius 1 is 1.29 bits per heavy atom. The molecular formula is C11H12O2S. The Morgan fingerprint density at radius 2 is 1.79 bits per heavy atom. The Hall–Kier alpha value is -1.22. The minimum Gasteiger partial charge on any atom is -0.294 e. The van der Waals surface area contributed by atoms with Gasteiger partial charge in [-0.25, -0.2) is 4.21 Å². The van der Waals surface area contributed by atoms with Crippen LogP contribution in [0.15, 0.2) is 40.6 Å². The fourth-order valence-corrected chi connectivity index (χ4v) is 1.86. The van der Waals surface area contributed by atoms with Crippen LogP contribution in [0, 0.1) is 6.92 Å². The van der Waals surface area contributed by atoms with E-state index in [2.05, 4.69) is 6.58 Å². The minimum absolute atomic E-state index is 0.147. The van der Waals surface area contributed by atoms with Gasteiger partial charge in [0.2, 0.25) is 0 Å². The predicted octanol–water partition coefficient (Wildman–Crippen LogP) is 2.21. The van der Waals surface area contributed by atoms with Gasteiger partial charge < -0.3 is 0 Å². The van der Waals surface area contributed by atoms with E-state index in [0.29, 0.717) is 4.90 Å². The van der Waals surface area contributed by atoms with Gasteiger partial charge in [0.05, 0.1) is 15.7 Å². The number of benzene rings is 1. The van der Waals surface area contributed by atoms with E-state index >= 15 is 0 Å². The smallest absolute Gasteiger partial charge is 0.168 e. The van der Waals surface area contributed by atoms with Gasteiger partial charge >= 0.3 is 0 Å². The van der Waals surface area contributed by atoms with E-state index in [4.69, 9.17) is 0 Å². The average Bonchev–Trinajstić information content (AvgIpc) is 2.16. The molecule has 0 spiro atoms. The van der Waals surface area contributed by atoms with Crippen LogP contribution in [0.1, 0.15) is 12.5 Å². The summed E-state index contributed by atoms with van der Waals surface area (Å²) in [6.45, 7) is 6.82. The zero-order chi connectivity index (χ0) is 10.7. The van der Waals surface area contributed by atoms with Crippen LogP contribution in [0.25, 0.3) is 0 Å². The maximum Gasteiger partial charge on any atom is 0.168 e. The molecule has 0 heterocycles. The van der Waals surface area contributed by atoms with Crippen molar-refractivity contribution in [3.8, 4) is 0 Å². The molecule has 0 aliphatic carbocycles. The molecule has 0 amide bonds. The third kappa shape index (κ3) is 2.39. The lowest BCUT2D eigenvalue weighted by atomic mass is 10.2. The standard InChI is InChI=1S/C11H12O2S/c1-8-4-6-11(7-5-8)14(13)10(3)9(2)12/h4-7H,3H2,1-2H3/t14-/m1/s1. The summed E-state index contributed by atoms with van der Waals surface area (Å²) in [5.74, 6) is -0.232. The molecule has 0 aromatic heterocycles. The first-order chi connectivity index (χ1) is 6.52. The molecule has 1 aromatic carbocycles. The predicted molar refractivity (Wildman–Crippen MR) is 57.4 cm³/mol. The van der Waals surface area contributed by atoms with Crippen molar-refractivity contribution in [3.63, 3.8) is 0 Å². The van der Waals surface area contributed by atoms with E-state index < -0.39 is 10.8 Å². The Labute approximate surface area is 86.1 Å². The minimum atomic E-state index is -1.41. The van der Waals surface area contributed by atoms with E-state index in [1.807, 2.05) is 19.1 Å². The lowest BCUT2D eigenvalue weighted by molar-refractivity contribution is -0.112. The van der Waals surface area contributed by atoms with Gasteiger partial charge in [-0.3, -0.25) is 4.79 Å². The van der Waals surface area contributed by atoms with Crippen LogP contribution in [-0.4, -0.2) is 9.99 Å². The zero-order valence-electron chi connectivity index (χ0n) is 8.24. The number of allylic oxidation sites excluding steroid dienone is 1. The number of Topliss-reactive ketones (excluding diaryl/α,β-unsaturated/α-hetero) is 1. The van der Waals surface area contributed by atoms with E-state index in [1.54, 1.807) is 12.1 Å². The Kier molecular flexibility index (Phi) is 3.36. The molecule has 1 aromatic rings. The normalized spacial score (nSPS) is 12.1. The summed E-state index contributed by atoms with van der Waals surface area (Å²) in [5.41, 5.74) is 1.10. The molecule has 0 saturated carbocycles. The van der Waals surface area contributed by atoms with Crippen LogP contribution in [0.5, 0.6) is 0 Å². The molecule has 14 heavy (non-hydrogen) atoms. The Balaban J connectivity index is 2.96. The molecule has 1 atom stereocenters. The first-order valence-electron chi connectivity index (χ1n) is 4.20. The third-order valence-electron chi connectivity index (χ3n) is 1.85. The number of carbonyl (C=O) groups excluding carboxylic acids is 1. The van der Waals surface area contributed by atoms with Crippen LogP contribution >= 0.6 is 0 Å². The molecule has 0 saturated heterocycles. The molecule has 0 unspecified atom stereocenters. The third-order valence-corrected chi connectivity index (χ3v) is 3.29. The van der Waals surface area contributed by atoms with Crippen molar-refractivity contribution >= 4 is 16.6 Å². The van der Waals surface area contributed by atoms with Gasteiger partial charge in [-0.1, -0.05) is 24.3 Å². The topological polar surface area (TPSA) is 34.1 Å². The van der Waals surface area contributed by atoms with Gasteiger partial charge in [-0.05, 0) is 26.0 Å². The van der Waals surface area contributed by atoms with Crippen LogP contribution in [-0.2, 0) is 15.6 Å². The lowest BCUT2D eigenvalue weighted by Gasteiger charge is -2.02. The highest BCUT2D eigenvalue weighted by atomic mass is 32.2. The molecule has 0 aliphatic rings. The Bertz CT molecular complexity index is 390. The van der Waals surface area contributed by atoms with Gasteiger partial charge in [0.1, 0.15) is 0 Å². The summed E-state index contributed by atoms with van der Waals surface area (Å²) in [6, 6.07) is 7.22. The second-order valence-electron chi connectivity index (χ2n) is 3.06. The van der Waals surface area contributed by atoms with Crippen molar-refractivity contribution in [1.82, 2.24) is 0 Å². The SMILES string of the molecule is C=C(C(C)=O)[S@@](=O)c1ccc(C)cc1. The molecule has 1 rings (SSSR count). The first kappa shape index (κ1) is 10.9. The number of ketones is 1. The first-order valence-corrected chi connectivity index (χ1v) is 5.35. The number of hydrogen-bond donors (Lipinski definition) is 0. The highest BCUT2D eigenvalue weighted by Crippen LogP contribution is 2.14. The second-order valence-corrected chi connectivity index (χ2v) is 4.56. The van der Waals surface area contributed by atoms with Crippen LogP contribution in [0.3, 0.4) is 0 Å². The van der Waals surface area contributed by atoms with Crippen LogP contribution in [0.4, 0.5) is 0 Å². The van der Waals surface area contributed by atoms with Gasteiger partial charge in [-0.2, -0.15) is 0 Å². The van der Waals surface area contributed by atoms with Crippen molar-refractivity contribution in [3.05, 3.63) is 41.3 Å². The molecule has 2 nitrogen and oxygen atoms in total. The fraction of sp³-hybridized carbons (Fsp3) is 0.182. The molecular weight excluding hydrogens is 196 g/mol. The van der Waals surface area contributed by atoms with Crippen LogP contribution < -0.4 is 0 Å². The van der Waals surface area contributed by atoms with Crippen LogP contribution in [0.2, 0.25) is 0 Å². The highest BCUT2D eigenvalue weighted by molar-refractivity contribution is 7.90. The molecule has 0 aliphatic heterocycles. The second kappa shape index (κ2) is 4.33. The largest absolute Gasteiger partial charge is 0.294 e. The van der Waals surface area contributed by atoms with Crippen molar-refractivity contribution in [2.75, 3.05) is 0 Å². The summed E-state index contributed by atoms with van der Waals surface area (Å²) in [4.78, 5) is 11.7.